The van der Waals surface area contributed by atoms with E-state index in [0.29, 0.717) is 5.92 Å². The van der Waals surface area contributed by atoms with Crippen LogP contribution in [-0.2, 0) is 4.74 Å². The molecule has 0 heterocycles. The number of unbranched alkanes of at least 4 members (excludes halogenated alkanes) is 2. The standard InChI is InChI=1S/C22H31NO/c1-2-3-4-5-6-7-16-24-18-20-10-14-22(15-11-20)21-12-8-19(17-23)9-13-21/h3-4,8-9,12-13,20,22H,2,5-7,10-11,14-16,18H2,1H3. The molecule has 0 radical (unpaired) electrons. The van der Waals surface area contributed by atoms with Gasteiger partial charge in [-0.25, -0.2) is 0 Å². The molecule has 2 rings (SSSR count). The van der Waals surface area contributed by atoms with Gasteiger partial charge in [-0.1, -0.05) is 31.2 Å². The normalized spacial score (nSPS) is 21.0. The van der Waals surface area contributed by atoms with E-state index in [2.05, 4.69) is 37.3 Å². The predicted octanol–water partition coefficient (Wildman–Crippen LogP) is 5.99. The third-order valence-electron chi connectivity index (χ3n) is 5.02. The Balaban J connectivity index is 1.57. The zero-order valence-electron chi connectivity index (χ0n) is 15.0. The van der Waals surface area contributed by atoms with Crippen LogP contribution in [0.3, 0.4) is 0 Å². The second kappa shape index (κ2) is 11.0. The first-order valence-corrected chi connectivity index (χ1v) is 9.56. The lowest BCUT2D eigenvalue weighted by Crippen LogP contribution is -2.18. The second-order valence-corrected chi connectivity index (χ2v) is 6.90. The van der Waals surface area contributed by atoms with E-state index >= 15 is 0 Å². The molecule has 2 heteroatoms. The highest BCUT2D eigenvalue weighted by Crippen LogP contribution is 2.35. The van der Waals surface area contributed by atoms with Crippen LogP contribution in [0.25, 0.3) is 0 Å². The monoisotopic (exact) mass is 325 g/mol. The Hall–Kier alpha value is -1.59. The topological polar surface area (TPSA) is 33.0 Å². The maximum atomic E-state index is 8.88. The smallest absolute Gasteiger partial charge is 0.0991 e. The number of benzene rings is 1. The van der Waals surface area contributed by atoms with Gasteiger partial charge in [-0.2, -0.15) is 5.26 Å². The van der Waals surface area contributed by atoms with Crippen molar-refractivity contribution < 1.29 is 4.74 Å². The van der Waals surface area contributed by atoms with Gasteiger partial charge in [0.1, 0.15) is 0 Å². The predicted molar refractivity (Wildman–Crippen MR) is 100.0 cm³/mol. The maximum absolute atomic E-state index is 8.88. The Bertz CT molecular complexity index is 518. The first kappa shape index (κ1) is 18.7. The number of rotatable bonds is 9. The summed E-state index contributed by atoms with van der Waals surface area (Å²) in [6.45, 7) is 4.02. The van der Waals surface area contributed by atoms with Gasteiger partial charge in [0.25, 0.3) is 0 Å². The van der Waals surface area contributed by atoms with Crippen molar-refractivity contribution in [3.05, 3.63) is 47.5 Å². The van der Waals surface area contributed by atoms with Gasteiger partial charge in [-0.15, -0.1) is 0 Å². The van der Waals surface area contributed by atoms with Gasteiger partial charge >= 0.3 is 0 Å². The van der Waals surface area contributed by atoms with Crippen molar-refractivity contribution in [1.82, 2.24) is 0 Å². The van der Waals surface area contributed by atoms with Crippen molar-refractivity contribution in [3.63, 3.8) is 0 Å². The summed E-state index contributed by atoms with van der Waals surface area (Å²) in [5, 5.41) is 8.88. The Labute approximate surface area is 147 Å². The van der Waals surface area contributed by atoms with Crippen LogP contribution in [0, 0.1) is 17.2 Å². The van der Waals surface area contributed by atoms with Crippen LogP contribution in [0.4, 0.5) is 0 Å². The summed E-state index contributed by atoms with van der Waals surface area (Å²) >= 11 is 0. The summed E-state index contributed by atoms with van der Waals surface area (Å²) in [6.07, 6.45) is 14.3. The Morgan fingerprint density at radius 3 is 2.50 bits per heavy atom. The van der Waals surface area contributed by atoms with Crippen LogP contribution < -0.4 is 0 Å². The van der Waals surface area contributed by atoms with Crippen molar-refractivity contribution in [2.24, 2.45) is 5.92 Å². The van der Waals surface area contributed by atoms with E-state index < -0.39 is 0 Å². The molecular formula is C22H31NO. The van der Waals surface area contributed by atoms with Gasteiger partial charge < -0.3 is 4.74 Å². The van der Waals surface area contributed by atoms with Crippen LogP contribution in [0.15, 0.2) is 36.4 Å². The minimum atomic E-state index is 0.666. The molecule has 0 N–H and O–H groups in total. The first-order chi connectivity index (χ1) is 11.8. The highest BCUT2D eigenvalue weighted by molar-refractivity contribution is 5.33. The molecule has 1 aromatic rings. The molecule has 0 unspecified atom stereocenters. The van der Waals surface area contributed by atoms with Gasteiger partial charge in [0, 0.05) is 13.2 Å². The summed E-state index contributed by atoms with van der Waals surface area (Å²) in [6, 6.07) is 10.3. The minimum Gasteiger partial charge on any atom is -0.381 e. The van der Waals surface area contributed by atoms with Crippen molar-refractivity contribution in [1.29, 1.82) is 5.26 Å². The lowest BCUT2D eigenvalue weighted by atomic mass is 9.79. The lowest BCUT2D eigenvalue weighted by Gasteiger charge is -2.28. The van der Waals surface area contributed by atoms with E-state index in [-0.39, 0.29) is 0 Å². The molecule has 0 amide bonds. The molecule has 1 saturated carbocycles. The quantitative estimate of drug-likeness (QED) is 0.413. The van der Waals surface area contributed by atoms with Crippen molar-refractivity contribution in [3.8, 4) is 6.07 Å². The summed E-state index contributed by atoms with van der Waals surface area (Å²) in [5.74, 6) is 1.40. The number of hydrogen-bond acceptors (Lipinski definition) is 2. The van der Waals surface area contributed by atoms with Crippen LogP contribution in [0.1, 0.15) is 75.3 Å². The summed E-state index contributed by atoms with van der Waals surface area (Å²) in [4.78, 5) is 0. The Morgan fingerprint density at radius 1 is 1.08 bits per heavy atom. The molecule has 0 aliphatic heterocycles. The molecule has 0 aromatic heterocycles. The van der Waals surface area contributed by atoms with Gasteiger partial charge in [0.05, 0.1) is 11.6 Å². The van der Waals surface area contributed by atoms with E-state index in [0.717, 1.165) is 31.1 Å². The summed E-state index contributed by atoms with van der Waals surface area (Å²) in [7, 11) is 0. The van der Waals surface area contributed by atoms with E-state index in [1.165, 1.54) is 50.5 Å². The molecule has 1 fully saturated rings. The number of ether oxygens (including phenoxy) is 1. The Morgan fingerprint density at radius 2 is 1.83 bits per heavy atom. The number of nitriles is 1. The molecule has 1 aliphatic rings. The van der Waals surface area contributed by atoms with Gasteiger partial charge in [-0.3, -0.25) is 0 Å². The summed E-state index contributed by atoms with van der Waals surface area (Å²) in [5.41, 5.74) is 2.15. The number of nitrogens with zero attached hydrogens (tertiary/aromatic N) is 1. The largest absolute Gasteiger partial charge is 0.381 e. The van der Waals surface area contributed by atoms with Crippen LogP contribution in [-0.4, -0.2) is 13.2 Å². The van der Waals surface area contributed by atoms with Crippen LogP contribution in [0.2, 0.25) is 0 Å². The molecule has 0 spiro atoms. The van der Waals surface area contributed by atoms with Crippen LogP contribution in [0.5, 0.6) is 0 Å². The zero-order valence-corrected chi connectivity index (χ0v) is 15.0. The number of allylic oxidation sites excluding steroid dienone is 2. The lowest BCUT2D eigenvalue weighted by molar-refractivity contribution is 0.0804. The average molecular weight is 325 g/mol. The van der Waals surface area contributed by atoms with Gasteiger partial charge in [0.15, 0.2) is 0 Å². The second-order valence-electron chi connectivity index (χ2n) is 6.90. The third kappa shape index (κ3) is 6.49. The fraction of sp³-hybridized carbons (Fsp3) is 0.591. The third-order valence-corrected chi connectivity index (χ3v) is 5.02. The molecule has 1 aromatic carbocycles. The fourth-order valence-electron chi connectivity index (χ4n) is 3.49. The van der Waals surface area contributed by atoms with E-state index in [9.17, 15) is 0 Å². The fourth-order valence-corrected chi connectivity index (χ4v) is 3.49. The SMILES string of the molecule is CCC=CCCCCOCC1CCC(c2ccc(C#N)cc2)CC1. The molecule has 2 nitrogen and oxygen atoms in total. The minimum absolute atomic E-state index is 0.666. The molecule has 1 aliphatic carbocycles. The highest BCUT2D eigenvalue weighted by Gasteiger charge is 2.22. The van der Waals surface area contributed by atoms with E-state index in [1.807, 2.05) is 12.1 Å². The van der Waals surface area contributed by atoms with Crippen molar-refractivity contribution in [2.45, 2.75) is 64.2 Å². The number of hydrogen-bond donors (Lipinski definition) is 0. The molecule has 24 heavy (non-hydrogen) atoms. The Kier molecular flexibility index (Phi) is 8.63. The van der Waals surface area contributed by atoms with Gasteiger partial charge in [0.2, 0.25) is 0 Å². The van der Waals surface area contributed by atoms with E-state index in [1.54, 1.807) is 0 Å². The average Bonchev–Trinajstić information content (AvgIpc) is 2.64. The van der Waals surface area contributed by atoms with Crippen molar-refractivity contribution >= 4 is 0 Å². The molecule has 0 saturated heterocycles. The van der Waals surface area contributed by atoms with E-state index in [4.69, 9.17) is 10.00 Å². The summed E-state index contributed by atoms with van der Waals surface area (Å²) < 4.78 is 5.89. The zero-order chi connectivity index (χ0) is 17.0. The molecule has 0 atom stereocenters. The maximum Gasteiger partial charge on any atom is 0.0991 e. The first-order valence-electron chi connectivity index (χ1n) is 9.56. The molecular weight excluding hydrogens is 294 g/mol. The molecule has 130 valence electrons. The molecule has 0 bridgehead atoms. The van der Waals surface area contributed by atoms with Crippen molar-refractivity contribution in [2.75, 3.05) is 13.2 Å². The van der Waals surface area contributed by atoms with Crippen LogP contribution >= 0.6 is 0 Å². The highest BCUT2D eigenvalue weighted by atomic mass is 16.5. The van der Waals surface area contributed by atoms with Gasteiger partial charge in [-0.05, 0) is 80.9 Å².